The highest BCUT2D eigenvalue weighted by atomic mass is 19.1. The van der Waals surface area contributed by atoms with Gasteiger partial charge in [0.15, 0.2) is 5.82 Å². The zero-order chi connectivity index (χ0) is 19.7. The Morgan fingerprint density at radius 1 is 1.21 bits per heavy atom. The lowest BCUT2D eigenvalue weighted by molar-refractivity contribution is 0.0703. The fourth-order valence-electron chi connectivity index (χ4n) is 3.55. The number of halogens is 2. The first-order valence-corrected chi connectivity index (χ1v) is 9.17. The summed E-state index contributed by atoms with van der Waals surface area (Å²) in [5.74, 6) is -0.428. The molecule has 0 saturated carbocycles. The van der Waals surface area contributed by atoms with E-state index in [4.69, 9.17) is 4.52 Å². The van der Waals surface area contributed by atoms with Crippen LogP contribution < -0.4 is 0 Å². The number of hydrogen-bond acceptors (Lipinski definition) is 4. The molecule has 2 aromatic carbocycles. The molecular formula is C21H19F2N3O2. The van der Waals surface area contributed by atoms with Gasteiger partial charge >= 0.3 is 0 Å². The van der Waals surface area contributed by atoms with E-state index in [1.54, 1.807) is 30.0 Å². The number of aromatic nitrogens is 2. The average Bonchev–Trinajstić information content (AvgIpc) is 3.18. The summed E-state index contributed by atoms with van der Waals surface area (Å²) in [4.78, 5) is 19.0. The third-order valence-corrected chi connectivity index (χ3v) is 5.04. The van der Waals surface area contributed by atoms with Gasteiger partial charge in [-0.3, -0.25) is 4.79 Å². The van der Waals surface area contributed by atoms with E-state index in [-0.39, 0.29) is 29.1 Å². The second-order valence-corrected chi connectivity index (χ2v) is 6.99. The van der Waals surface area contributed by atoms with Crippen molar-refractivity contribution in [2.45, 2.75) is 25.7 Å². The number of likely N-dealkylation sites (tertiary alicyclic amines) is 1. The molecule has 1 fully saturated rings. The maximum Gasteiger partial charge on any atom is 0.260 e. The van der Waals surface area contributed by atoms with Gasteiger partial charge in [0, 0.05) is 24.6 Å². The Balaban J connectivity index is 1.53. The van der Waals surface area contributed by atoms with Crippen LogP contribution >= 0.6 is 0 Å². The van der Waals surface area contributed by atoms with Crippen molar-refractivity contribution in [3.05, 3.63) is 71.1 Å². The van der Waals surface area contributed by atoms with Crippen LogP contribution in [0.25, 0.3) is 11.5 Å². The van der Waals surface area contributed by atoms with Gasteiger partial charge in [0.1, 0.15) is 11.6 Å². The Hall–Kier alpha value is -3.09. The lowest BCUT2D eigenvalue weighted by atomic mass is 9.96. The van der Waals surface area contributed by atoms with Crippen molar-refractivity contribution in [3.8, 4) is 11.5 Å². The first-order chi connectivity index (χ1) is 13.5. The van der Waals surface area contributed by atoms with Crippen molar-refractivity contribution in [2.24, 2.45) is 0 Å². The summed E-state index contributed by atoms with van der Waals surface area (Å²) in [6.45, 7) is 2.77. The summed E-state index contributed by atoms with van der Waals surface area (Å²) >= 11 is 0. The number of aryl methyl sites for hydroxylation is 1. The monoisotopic (exact) mass is 383 g/mol. The highest BCUT2D eigenvalue weighted by Gasteiger charge is 2.29. The Morgan fingerprint density at radius 2 is 2.04 bits per heavy atom. The van der Waals surface area contributed by atoms with E-state index in [2.05, 4.69) is 10.1 Å². The maximum atomic E-state index is 13.9. The highest BCUT2D eigenvalue weighted by molar-refractivity contribution is 5.95. The summed E-state index contributed by atoms with van der Waals surface area (Å²) in [5.41, 5.74) is 1.35. The summed E-state index contributed by atoms with van der Waals surface area (Å²) < 4.78 is 32.5. The first kappa shape index (κ1) is 18.3. The number of hydrogen-bond donors (Lipinski definition) is 0. The molecule has 0 radical (unpaired) electrons. The molecule has 1 aliphatic rings. The minimum atomic E-state index is -0.426. The summed E-state index contributed by atoms with van der Waals surface area (Å²) in [6, 6.07) is 10.4. The third kappa shape index (κ3) is 3.52. The Kier molecular flexibility index (Phi) is 4.90. The number of amides is 1. The van der Waals surface area contributed by atoms with Gasteiger partial charge in [-0.1, -0.05) is 17.3 Å². The number of carbonyl (C=O) groups is 1. The Bertz CT molecular complexity index is 1020. The van der Waals surface area contributed by atoms with Crippen LogP contribution in [0.3, 0.4) is 0 Å². The fourth-order valence-corrected chi connectivity index (χ4v) is 3.55. The zero-order valence-electron chi connectivity index (χ0n) is 15.4. The van der Waals surface area contributed by atoms with E-state index in [0.29, 0.717) is 30.0 Å². The van der Waals surface area contributed by atoms with Crippen LogP contribution in [-0.2, 0) is 0 Å². The maximum absolute atomic E-state index is 13.9. The predicted octanol–water partition coefficient (Wildman–Crippen LogP) is 4.34. The first-order valence-electron chi connectivity index (χ1n) is 9.17. The zero-order valence-corrected chi connectivity index (χ0v) is 15.4. The van der Waals surface area contributed by atoms with Gasteiger partial charge in [-0.15, -0.1) is 0 Å². The second kappa shape index (κ2) is 7.50. The molecule has 4 rings (SSSR count). The Morgan fingerprint density at radius 3 is 2.82 bits per heavy atom. The molecular weight excluding hydrogens is 364 g/mol. The van der Waals surface area contributed by atoms with Crippen LogP contribution in [0, 0.1) is 18.6 Å². The van der Waals surface area contributed by atoms with Gasteiger partial charge in [0.25, 0.3) is 11.8 Å². The quantitative estimate of drug-likeness (QED) is 0.675. The van der Waals surface area contributed by atoms with Gasteiger partial charge < -0.3 is 9.42 Å². The van der Waals surface area contributed by atoms with Gasteiger partial charge in [0.2, 0.25) is 0 Å². The Labute approximate surface area is 161 Å². The molecule has 0 bridgehead atoms. The van der Waals surface area contributed by atoms with Crippen LogP contribution in [0.4, 0.5) is 8.78 Å². The molecule has 0 N–H and O–H groups in total. The molecule has 1 aliphatic heterocycles. The molecule has 144 valence electrons. The third-order valence-electron chi connectivity index (χ3n) is 5.04. The minimum absolute atomic E-state index is 0.0947. The topological polar surface area (TPSA) is 59.2 Å². The SMILES string of the molecule is Cc1cc(F)ccc1C(=O)N1CCCC(c2noc(-c3ccccc3F)n2)C1. The number of carbonyl (C=O) groups excluding carboxylic acids is 1. The molecule has 0 spiro atoms. The van der Waals surface area contributed by atoms with Crippen molar-refractivity contribution in [1.82, 2.24) is 15.0 Å². The van der Waals surface area contributed by atoms with Crippen molar-refractivity contribution >= 4 is 5.91 Å². The number of piperidine rings is 1. The minimum Gasteiger partial charge on any atom is -0.338 e. The smallest absolute Gasteiger partial charge is 0.260 e. The largest absolute Gasteiger partial charge is 0.338 e. The molecule has 7 heteroatoms. The van der Waals surface area contributed by atoms with Crippen molar-refractivity contribution in [3.63, 3.8) is 0 Å². The summed E-state index contributed by atoms with van der Waals surface area (Å²) in [5, 5.41) is 4.01. The van der Waals surface area contributed by atoms with Crippen LogP contribution in [0.1, 0.15) is 40.5 Å². The van der Waals surface area contributed by atoms with Crippen LogP contribution in [0.5, 0.6) is 0 Å². The molecule has 5 nitrogen and oxygen atoms in total. The number of benzene rings is 2. The average molecular weight is 383 g/mol. The van der Waals surface area contributed by atoms with Gasteiger partial charge in [-0.05, 0) is 55.7 Å². The van der Waals surface area contributed by atoms with E-state index in [0.717, 1.165) is 12.8 Å². The molecule has 1 aromatic heterocycles. The van der Waals surface area contributed by atoms with Crippen molar-refractivity contribution < 1.29 is 18.1 Å². The van der Waals surface area contributed by atoms with Crippen molar-refractivity contribution in [1.29, 1.82) is 0 Å². The van der Waals surface area contributed by atoms with Gasteiger partial charge in [-0.2, -0.15) is 4.98 Å². The molecule has 1 unspecified atom stereocenters. The van der Waals surface area contributed by atoms with Gasteiger partial charge in [-0.25, -0.2) is 8.78 Å². The standard InChI is InChI=1S/C21H19F2N3O2/c1-13-11-15(22)8-9-16(13)21(27)26-10-4-5-14(12-26)19-24-20(28-25-19)17-6-2-3-7-18(17)23/h2-3,6-9,11,14H,4-5,10,12H2,1H3. The molecule has 1 amide bonds. The van der Waals surface area contributed by atoms with E-state index in [1.165, 1.54) is 24.3 Å². The molecule has 28 heavy (non-hydrogen) atoms. The lowest BCUT2D eigenvalue weighted by Gasteiger charge is -2.31. The summed E-state index contributed by atoms with van der Waals surface area (Å²) in [7, 11) is 0. The predicted molar refractivity (Wildman–Crippen MR) is 98.7 cm³/mol. The van der Waals surface area contributed by atoms with E-state index in [1.807, 2.05) is 0 Å². The molecule has 0 aliphatic carbocycles. The van der Waals surface area contributed by atoms with E-state index < -0.39 is 5.82 Å². The molecule has 1 saturated heterocycles. The highest BCUT2D eigenvalue weighted by Crippen LogP contribution is 2.29. The lowest BCUT2D eigenvalue weighted by Crippen LogP contribution is -2.39. The van der Waals surface area contributed by atoms with Crippen LogP contribution in [-0.4, -0.2) is 34.0 Å². The van der Waals surface area contributed by atoms with E-state index in [9.17, 15) is 13.6 Å². The van der Waals surface area contributed by atoms with Crippen LogP contribution in [0.2, 0.25) is 0 Å². The molecule has 3 aromatic rings. The number of nitrogens with zero attached hydrogens (tertiary/aromatic N) is 3. The summed E-state index contributed by atoms with van der Waals surface area (Å²) in [6.07, 6.45) is 1.60. The van der Waals surface area contributed by atoms with Crippen LogP contribution in [0.15, 0.2) is 47.0 Å². The molecule has 2 heterocycles. The van der Waals surface area contributed by atoms with E-state index >= 15 is 0 Å². The normalized spacial score (nSPS) is 17.0. The van der Waals surface area contributed by atoms with Crippen molar-refractivity contribution in [2.75, 3.05) is 13.1 Å². The fraction of sp³-hybridized carbons (Fsp3) is 0.286. The second-order valence-electron chi connectivity index (χ2n) is 6.99. The van der Waals surface area contributed by atoms with Gasteiger partial charge in [0.05, 0.1) is 5.56 Å². The molecule has 1 atom stereocenters. The number of rotatable bonds is 3.